The van der Waals surface area contributed by atoms with Crippen LogP contribution in [0, 0.1) is 11.8 Å². The van der Waals surface area contributed by atoms with E-state index in [0.29, 0.717) is 23.0 Å². The molecule has 0 saturated heterocycles. The maximum absolute atomic E-state index is 12.4. The van der Waals surface area contributed by atoms with Crippen molar-refractivity contribution in [1.82, 2.24) is 4.90 Å². The number of ether oxygens (including phenoxy) is 1. The molecule has 1 saturated carbocycles. The molecule has 1 aliphatic rings. The fourth-order valence-electron chi connectivity index (χ4n) is 2.86. The molecule has 132 valence electrons. The molecule has 1 aliphatic carbocycles. The Labute approximate surface area is 147 Å². The van der Waals surface area contributed by atoms with E-state index in [1.807, 2.05) is 0 Å². The maximum atomic E-state index is 12.4. The molecule has 0 aromatic heterocycles. The quantitative estimate of drug-likeness (QED) is 0.820. The van der Waals surface area contributed by atoms with Crippen LogP contribution >= 0.6 is 11.6 Å². The van der Waals surface area contributed by atoms with E-state index in [0.717, 1.165) is 19.3 Å². The van der Waals surface area contributed by atoms with Crippen LogP contribution in [-0.2, 0) is 9.59 Å². The largest absolute Gasteiger partial charge is 0.482 e. The Balaban J connectivity index is 1.96. The standard InChI is InChI=1S/C17H24ClN3O3/c1-21(2)16(22)10-24-15-7-6-12(8-14(15)18)20-17(23)13-5-3-4-11(13)9-19/h6-8,11,13H,3-5,9-10,19H2,1-2H3,(H,20,23)/t11-,13-/m1/s1. The summed E-state index contributed by atoms with van der Waals surface area (Å²) in [5, 5.41) is 3.24. The number of halogens is 1. The van der Waals surface area contributed by atoms with Crippen LogP contribution in [0.1, 0.15) is 19.3 Å². The number of rotatable bonds is 6. The van der Waals surface area contributed by atoms with Crippen LogP contribution in [0.25, 0.3) is 0 Å². The van der Waals surface area contributed by atoms with Crippen molar-refractivity contribution in [3.05, 3.63) is 23.2 Å². The third kappa shape index (κ3) is 4.61. The van der Waals surface area contributed by atoms with E-state index in [1.165, 1.54) is 4.90 Å². The number of hydrogen-bond donors (Lipinski definition) is 2. The van der Waals surface area contributed by atoms with E-state index in [4.69, 9.17) is 22.1 Å². The van der Waals surface area contributed by atoms with Crippen LogP contribution in [0.4, 0.5) is 5.69 Å². The van der Waals surface area contributed by atoms with Gasteiger partial charge in [-0.2, -0.15) is 0 Å². The molecular weight excluding hydrogens is 330 g/mol. The highest BCUT2D eigenvalue weighted by Gasteiger charge is 2.31. The summed E-state index contributed by atoms with van der Waals surface area (Å²) < 4.78 is 5.40. The minimum atomic E-state index is -0.155. The van der Waals surface area contributed by atoms with Crippen LogP contribution in [0.3, 0.4) is 0 Å². The monoisotopic (exact) mass is 353 g/mol. The van der Waals surface area contributed by atoms with Crippen molar-refractivity contribution in [2.45, 2.75) is 19.3 Å². The molecule has 0 aliphatic heterocycles. The molecule has 0 unspecified atom stereocenters. The zero-order chi connectivity index (χ0) is 17.7. The lowest BCUT2D eigenvalue weighted by atomic mass is 9.95. The van der Waals surface area contributed by atoms with Crippen molar-refractivity contribution in [1.29, 1.82) is 0 Å². The summed E-state index contributed by atoms with van der Waals surface area (Å²) in [6.45, 7) is 0.449. The molecule has 1 aromatic rings. The van der Waals surface area contributed by atoms with E-state index in [1.54, 1.807) is 32.3 Å². The van der Waals surface area contributed by atoms with Gasteiger partial charge in [-0.3, -0.25) is 9.59 Å². The lowest BCUT2D eigenvalue weighted by Gasteiger charge is -2.18. The fourth-order valence-corrected chi connectivity index (χ4v) is 3.10. The maximum Gasteiger partial charge on any atom is 0.259 e. The van der Waals surface area contributed by atoms with Gasteiger partial charge in [0.1, 0.15) is 5.75 Å². The molecule has 24 heavy (non-hydrogen) atoms. The van der Waals surface area contributed by atoms with Gasteiger partial charge in [-0.1, -0.05) is 18.0 Å². The second-order valence-corrected chi connectivity index (χ2v) is 6.65. The summed E-state index contributed by atoms with van der Waals surface area (Å²) in [4.78, 5) is 25.4. The summed E-state index contributed by atoms with van der Waals surface area (Å²) in [7, 11) is 3.31. The number of nitrogens with two attached hydrogens (primary N) is 1. The first-order chi connectivity index (χ1) is 11.4. The molecule has 0 heterocycles. The number of hydrogen-bond acceptors (Lipinski definition) is 4. The average Bonchev–Trinajstić information content (AvgIpc) is 3.02. The molecule has 2 amide bonds. The van der Waals surface area contributed by atoms with Crippen LogP contribution in [0.15, 0.2) is 18.2 Å². The van der Waals surface area contributed by atoms with Crippen LogP contribution < -0.4 is 15.8 Å². The SMILES string of the molecule is CN(C)C(=O)COc1ccc(NC(=O)[C@@H]2CCC[C@@H]2CN)cc1Cl. The van der Waals surface area contributed by atoms with Crippen molar-refractivity contribution < 1.29 is 14.3 Å². The second kappa shape index (κ2) is 8.35. The zero-order valence-corrected chi connectivity index (χ0v) is 14.8. The average molecular weight is 354 g/mol. The van der Waals surface area contributed by atoms with Gasteiger partial charge < -0.3 is 20.7 Å². The molecule has 0 radical (unpaired) electrons. The molecule has 2 rings (SSSR count). The van der Waals surface area contributed by atoms with Crippen molar-refractivity contribution in [3.63, 3.8) is 0 Å². The van der Waals surface area contributed by atoms with Crippen molar-refractivity contribution in [2.75, 3.05) is 32.6 Å². The molecule has 0 bridgehead atoms. The smallest absolute Gasteiger partial charge is 0.259 e. The van der Waals surface area contributed by atoms with Gasteiger partial charge in [0, 0.05) is 25.7 Å². The topological polar surface area (TPSA) is 84.7 Å². The highest BCUT2D eigenvalue weighted by atomic mass is 35.5. The minimum absolute atomic E-state index is 0.0181. The number of carbonyl (C=O) groups excluding carboxylic acids is 2. The summed E-state index contributed by atoms with van der Waals surface area (Å²) in [5.41, 5.74) is 6.34. The number of carbonyl (C=O) groups is 2. The Kier molecular flexibility index (Phi) is 6.45. The number of nitrogens with one attached hydrogen (secondary N) is 1. The number of nitrogens with zero attached hydrogens (tertiary/aromatic N) is 1. The van der Waals surface area contributed by atoms with Gasteiger partial charge >= 0.3 is 0 Å². The fraction of sp³-hybridized carbons (Fsp3) is 0.529. The molecule has 0 spiro atoms. The van der Waals surface area contributed by atoms with Crippen LogP contribution in [-0.4, -0.2) is 44.0 Å². The molecule has 1 fully saturated rings. The Hall–Kier alpha value is -1.79. The van der Waals surface area contributed by atoms with Crippen molar-refractivity contribution >= 4 is 29.1 Å². The van der Waals surface area contributed by atoms with Gasteiger partial charge in [0.15, 0.2) is 6.61 Å². The lowest BCUT2D eigenvalue weighted by molar-refractivity contribution is -0.130. The number of likely N-dealkylation sites (N-methyl/N-ethyl adjacent to an activating group) is 1. The van der Waals surface area contributed by atoms with E-state index in [9.17, 15) is 9.59 Å². The van der Waals surface area contributed by atoms with E-state index in [-0.39, 0.29) is 30.3 Å². The Morgan fingerprint density at radius 3 is 2.75 bits per heavy atom. The Morgan fingerprint density at radius 1 is 1.38 bits per heavy atom. The molecule has 2 atom stereocenters. The van der Waals surface area contributed by atoms with Gasteiger partial charge in [0.2, 0.25) is 5.91 Å². The predicted octanol–water partition coefficient (Wildman–Crippen LogP) is 2.12. The highest BCUT2D eigenvalue weighted by molar-refractivity contribution is 6.32. The van der Waals surface area contributed by atoms with Gasteiger partial charge in [0.05, 0.1) is 5.02 Å². The van der Waals surface area contributed by atoms with Gasteiger partial charge in [0.25, 0.3) is 5.91 Å². The van der Waals surface area contributed by atoms with Gasteiger partial charge in [-0.25, -0.2) is 0 Å². The molecule has 6 nitrogen and oxygen atoms in total. The molecule has 3 N–H and O–H groups in total. The molecular formula is C17H24ClN3O3. The number of amides is 2. The first-order valence-electron chi connectivity index (χ1n) is 8.05. The van der Waals surface area contributed by atoms with Gasteiger partial charge in [-0.05, 0) is 43.5 Å². The Morgan fingerprint density at radius 2 is 2.12 bits per heavy atom. The summed E-state index contributed by atoms with van der Waals surface area (Å²) in [5.74, 6) is 0.445. The van der Waals surface area contributed by atoms with Crippen molar-refractivity contribution in [3.8, 4) is 5.75 Å². The minimum Gasteiger partial charge on any atom is -0.482 e. The zero-order valence-electron chi connectivity index (χ0n) is 14.0. The van der Waals surface area contributed by atoms with Crippen molar-refractivity contribution in [2.24, 2.45) is 17.6 Å². The molecule has 1 aromatic carbocycles. The van der Waals surface area contributed by atoms with Crippen LogP contribution in [0.5, 0.6) is 5.75 Å². The van der Waals surface area contributed by atoms with E-state index >= 15 is 0 Å². The first kappa shape index (κ1) is 18.5. The second-order valence-electron chi connectivity index (χ2n) is 6.24. The van der Waals surface area contributed by atoms with Gasteiger partial charge in [-0.15, -0.1) is 0 Å². The van der Waals surface area contributed by atoms with Crippen LogP contribution in [0.2, 0.25) is 5.02 Å². The predicted molar refractivity (Wildman–Crippen MR) is 94.2 cm³/mol. The summed E-state index contributed by atoms with van der Waals surface area (Å²) >= 11 is 6.17. The van der Waals surface area contributed by atoms with E-state index < -0.39 is 0 Å². The first-order valence-corrected chi connectivity index (χ1v) is 8.43. The number of anilines is 1. The third-order valence-electron chi connectivity index (χ3n) is 4.35. The molecule has 7 heteroatoms. The highest BCUT2D eigenvalue weighted by Crippen LogP contribution is 2.33. The summed E-state index contributed by atoms with van der Waals surface area (Å²) in [6.07, 6.45) is 2.91. The normalized spacial score (nSPS) is 19.8. The van der Waals surface area contributed by atoms with E-state index in [2.05, 4.69) is 5.32 Å². The Bertz CT molecular complexity index is 607. The third-order valence-corrected chi connectivity index (χ3v) is 4.64. The lowest BCUT2D eigenvalue weighted by Crippen LogP contribution is -2.29. The summed E-state index contributed by atoms with van der Waals surface area (Å²) in [6, 6.07) is 4.99. The number of benzene rings is 1.